The zero-order valence-electron chi connectivity index (χ0n) is 10.5. The molecule has 0 radical (unpaired) electrons. The number of hydrogen-bond acceptors (Lipinski definition) is 4. The molecular formula is C12H20N2O3. The summed E-state index contributed by atoms with van der Waals surface area (Å²) >= 11 is 0. The normalized spacial score (nSPS) is 20.3. The lowest BCUT2D eigenvalue weighted by atomic mass is 9.80. The summed E-state index contributed by atoms with van der Waals surface area (Å²) in [6.45, 7) is 3.48. The van der Waals surface area contributed by atoms with Crippen molar-refractivity contribution in [3.05, 3.63) is 0 Å². The van der Waals surface area contributed by atoms with Gasteiger partial charge in [0.2, 0.25) is 5.91 Å². The maximum atomic E-state index is 12.1. The quantitative estimate of drug-likeness (QED) is 0.773. The second-order valence-electron chi connectivity index (χ2n) is 4.46. The highest BCUT2D eigenvalue weighted by atomic mass is 16.5. The SMILES string of the molecule is COCCC(C)NC(=O)C1(C#N)CCOCC1. The van der Waals surface area contributed by atoms with Gasteiger partial charge in [0.1, 0.15) is 5.41 Å². The first-order chi connectivity index (χ1) is 8.14. The lowest BCUT2D eigenvalue weighted by molar-refractivity contribution is -0.133. The Labute approximate surface area is 102 Å². The molecule has 0 aromatic carbocycles. The molecule has 1 atom stereocenters. The van der Waals surface area contributed by atoms with Crippen molar-refractivity contribution in [2.75, 3.05) is 26.9 Å². The number of rotatable bonds is 5. The molecule has 1 unspecified atom stereocenters. The van der Waals surface area contributed by atoms with Crippen molar-refractivity contribution in [3.8, 4) is 6.07 Å². The standard InChI is InChI=1S/C12H20N2O3/c1-10(3-6-16-2)14-11(15)12(9-13)4-7-17-8-5-12/h10H,3-8H2,1-2H3,(H,14,15). The van der Waals surface area contributed by atoms with E-state index in [9.17, 15) is 10.1 Å². The Kier molecular flexibility index (Phi) is 5.39. The third-order valence-corrected chi connectivity index (χ3v) is 3.13. The van der Waals surface area contributed by atoms with E-state index in [4.69, 9.17) is 9.47 Å². The van der Waals surface area contributed by atoms with Crippen LogP contribution in [0.2, 0.25) is 0 Å². The molecule has 0 aromatic rings. The molecule has 5 nitrogen and oxygen atoms in total. The molecule has 0 aromatic heterocycles. The number of nitriles is 1. The van der Waals surface area contributed by atoms with E-state index in [2.05, 4.69) is 11.4 Å². The van der Waals surface area contributed by atoms with Crippen molar-refractivity contribution in [2.45, 2.75) is 32.2 Å². The molecule has 0 aliphatic carbocycles. The van der Waals surface area contributed by atoms with Crippen molar-refractivity contribution in [1.82, 2.24) is 5.32 Å². The van der Waals surface area contributed by atoms with Gasteiger partial charge in [-0.25, -0.2) is 0 Å². The van der Waals surface area contributed by atoms with Gasteiger partial charge in [0.25, 0.3) is 0 Å². The molecule has 1 heterocycles. The number of methoxy groups -OCH3 is 1. The highest BCUT2D eigenvalue weighted by Gasteiger charge is 2.40. The summed E-state index contributed by atoms with van der Waals surface area (Å²) < 4.78 is 10.2. The Balaban J connectivity index is 2.52. The Hall–Kier alpha value is -1.12. The minimum Gasteiger partial charge on any atom is -0.385 e. The lowest BCUT2D eigenvalue weighted by Gasteiger charge is -2.30. The molecule has 1 rings (SSSR count). The summed E-state index contributed by atoms with van der Waals surface area (Å²) in [6.07, 6.45) is 1.71. The molecular weight excluding hydrogens is 220 g/mol. The minimum atomic E-state index is -0.903. The van der Waals surface area contributed by atoms with E-state index in [1.165, 1.54) is 0 Å². The van der Waals surface area contributed by atoms with Gasteiger partial charge in [-0.05, 0) is 26.2 Å². The van der Waals surface area contributed by atoms with Gasteiger partial charge in [-0.15, -0.1) is 0 Å². The first-order valence-corrected chi connectivity index (χ1v) is 5.93. The van der Waals surface area contributed by atoms with Crippen LogP contribution in [-0.4, -0.2) is 38.9 Å². The van der Waals surface area contributed by atoms with Crippen LogP contribution in [-0.2, 0) is 14.3 Å². The Bertz CT molecular complexity index is 293. The minimum absolute atomic E-state index is 0.0236. The van der Waals surface area contributed by atoms with E-state index in [-0.39, 0.29) is 11.9 Å². The predicted octanol–water partition coefficient (Wildman–Crippen LogP) is 0.848. The van der Waals surface area contributed by atoms with Crippen molar-refractivity contribution in [2.24, 2.45) is 5.41 Å². The van der Waals surface area contributed by atoms with Gasteiger partial charge in [0, 0.05) is 33.0 Å². The van der Waals surface area contributed by atoms with Crippen LogP contribution >= 0.6 is 0 Å². The van der Waals surface area contributed by atoms with Crippen molar-refractivity contribution < 1.29 is 14.3 Å². The number of carbonyl (C=O) groups excluding carboxylic acids is 1. The zero-order chi connectivity index (χ0) is 12.7. The molecule has 0 bridgehead atoms. The van der Waals surface area contributed by atoms with E-state index < -0.39 is 5.41 Å². The van der Waals surface area contributed by atoms with E-state index in [0.717, 1.165) is 6.42 Å². The van der Waals surface area contributed by atoms with Gasteiger partial charge < -0.3 is 14.8 Å². The van der Waals surface area contributed by atoms with Crippen LogP contribution < -0.4 is 5.32 Å². The number of ether oxygens (including phenoxy) is 2. The molecule has 1 aliphatic heterocycles. The molecule has 1 saturated heterocycles. The highest BCUT2D eigenvalue weighted by Crippen LogP contribution is 2.30. The van der Waals surface area contributed by atoms with E-state index in [1.807, 2.05) is 6.92 Å². The second-order valence-corrected chi connectivity index (χ2v) is 4.46. The fraction of sp³-hybridized carbons (Fsp3) is 0.833. The average Bonchev–Trinajstić information content (AvgIpc) is 2.37. The summed E-state index contributed by atoms with van der Waals surface area (Å²) in [5, 5.41) is 12.1. The highest BCUT2D eigenvalue weighted by molar-refractivity contribution is 5.85. The summed E-state index contributed by atoms with van der Waals surface area (Å²) in [5.74, 6) is -0.174. The van der Waals surface area contributed by atoms with Crippen LogP contribution in [0, 0.1) is 16.7 Å². The largest absolute Gasteiger partial charge is 0.385 e. The summed E-state index contributed by atoms with van der Waals surface area (Å²) in [5.41, 5.74) is -0.903. The second kappa shape index (κ2) is 6.58. The van der Waals surface area contributed by atoms with Crippen LogP contribution in [0.25, 0.3) is 0 Å². The summed E-state index contributed by atoms with van der Waals surface area (Å²) in [6, 6.07) is 2.18. The van der Waals surface area contributed by atoms with Crippen LogP contribution in [0.15, 0.2) is 0 Å². The molecule has 1 N–H and O–H groups in total. The van der Waals surface area contributed by atoms with Crippen molar-refractivity contribution >= 4 is 5.91 Å². The molecule has 96 valence electrons. The monoisotopic (exact) mass is 240 g/mol. The third-order valence-electron chi connectivity index (χ3n) is 3.13. The number of nitrogens with zero attached hydrogens (tertiary/aromatic N) is 1. The van der Waals surface area contributed by atoms with Gasteiger partial charge in [-0.1, -0.05) is 0 Å². The number of carbonyl (C=O) groups is 1. The van der Waals surface area contributed by atoms with Gasteiger partial charge >= 0.3 is 0 Å². The van der Waals surface area contributed by atoms with Crippen molar-refractivity contribution in [1.29, 1.82) is 5.26 Å². The van der Waals surface area contributed by atoms with Crippen molar-refractivity contribution in [3.63, 3.8) is 0 Å². The predicted molar refractivity (Wildman–Crippen MR) is 62.2 cm³/mol. The average molecular weight is 240 g/mol. The fourth-order valence-corrected chi connectivity index (χ4v) is 1.84. The van der Waals surface area contributed by atoms with E-state index in [1.54, 1.807) is 7.11 Å². The van der Waals surface area contributed by atoms with Gasteiger partial charge in [-0.2, -0.15) is 5.26 Å². The fourth-order valence-electron chi connectivity index (χ4n) is 1.84. The topological polar surface area (TPSA) is 71.3 Å². The van der Waals surface area contributed by atoms with Crippen LogP contribution in [0.1, 0.15) is 26.2 Å². The zero-order valence-corrected chi connectivity index (χ0v) is 10.5. The molecule has 1 amide bonds. The molecule has 1 aliphatic rings. The van der Waals surface area contributed by atoms with E-state index in [0.29, 0.717) is 32.7 Å². The Morgan fingerprint density at radius 2 is 2.24 bits per heavy atom. The Morgan fingerprint density at radius 3 is 2.76 bits per heavy atom. The molecule has 0 saturated carbocycles. The third kappa shape index (κ3) is 3.69. The smallest absolute Gasteiger partial charge is 0.240 e. The van der Waals surface area contributed by atoms with Crippen LogP contribution in [0.4, 0.5) is 0 Å². The Morgan fingerprint density at radius 1 is 1.59 bits per heavy atom. The maximum Gasteiger partial charge on any atom is 0.240 e. The van der Waals surface area contributed by atoms with Gasteiger partial charge in [0.05, 0.1) is 6.07 Å². The lowest BCUT2D eigenvalue weighted by Crippen LogP contribution is -2.47. The number of hydrogen-bond donors (Lipinski definition) is 1. The molecule has 5 heteroatoms. The first-order valence-electron chi connectivity index (χ1n) is 5.93. The summed E-state index contributed by atoms with van der Waals surface area (Å²) in [7, 11) is 1.63. The molecule has 17 heavy (non-hydrogen) atoms. The molecule has 1 fully saturated rings. The molecule has 0 spiro atoms. The maximum absolute atomic E-state index is 12.1. The van der Waals surface area contributed by atoms with Crippen LogP contribution in [0.5, 0.6) is 0 Å². The summed E-state index contributed by atoms with van der Waals surface area (Å²) in [4.78, 5) is 12.1. The first kappa shape index (κ1) is 13.9. The van der Waals surface area contributed by atoms with Gasteiger partial charge in [0.15, 0.2) is 0 Å². The number of nitrogens with one attached hydrogen (secondary N) is 1. The van der Waals surface area contributed by atoms with Gasteiger partial charge in [-0.3, -0.25) is 4.79 Å². The number of amides is 1. The van der Waals surface area contributed by atoms with E-state index >= 15 is 0 Å². The van der Waals surface area contributed by atoms with Crippen LogP contribution in [0.3, 0.4) is 0 Å².